The Balaban J connectivity index is 2.12. The van der Waals surface area contributed by atoms with Crippen LogP contribution in [0.25, 0.3) is 6.08 Å². The molecule has 1 aliphatic carbocycles. The molecule has 0 radical (unpaired) electrons. The van der Waals surface area contributed by atoms with Crippen LogP contribution in [0.1, 0.15) is 18.4 Å². The van der Waals surface area contributed by atoms with Crippen LogP contribution in [0.3, 0.4) is 0 Å². The first-order valence-corrected chi connectivity index (χ1v) is 6.00. The number of aromatic nitrogens is 1. The number of nitrogens with zero attached hydrogens (tertiary/aromatic N) is 2. The highest BCUT2D eigenvalue weighted by Gasteiger charge is 2.35. The monoisotopic (exact) mass is 268 g/mol. The second-order valence-corrected chi connectivity index (χ2v) is 4.87. The Bertz CT molecular complexity index is 569. The number of rotatable bonds is 2. The van der Waals surface area contributed by atoms with Gasteiger partial charge < -0.3 is 10.0 Å². The van der Waals surface area contributed by atoms with Gasteiger partial charge in [0.15, 0.2) is 11.0 Å². The summed E-state index contributed by atoms with van der Waals surface area (Å²) in [6.07, 6.45) is 3.47. The molecular weight excluding hydrogens is 259 g/mol. The fourth-order valence-corrected chi connectivity index (χ4v) is 2.25. The van der Waals surface area contributed by atoms with Crippen molar-refractivity contribution in [2.24, 2.45) is 0 Å². The lowest BCUT2D eigenvalue weighted by molar-refractivity contribution is -0.132. The second kappa shape index (κ2) is 3.95. The van der Waals surface area contributed by atoms with E-state index in [1.165, 1.54) is 12.1 Å². The number of hydrogen-bond acceptors (Lipinski definition) is 3. The maximum Gasteiger partial charge on any atom is 0.333 e. The molecule has 1 N–H and O–H groups in total. The van der Waals surface area contributed by atoms with Crippen LogP contribution in [0, 0.1) is 5.82 Å². The summed E-state index contributed by atoms with van der Waals surface area (Å²) in [5.41, 5.74) is 0.727. The summed E-state index contributed by atoms with van der Waals surface area (Å²) in [7, 11) is 0. The van der Waals surface area contributed by atoms with Crippen LogP contribution in [0.5, 0.6) is 0 Å². The Hall–Kier alpha value is -1.62. The fraction of sp³-hybridized carbons (Fsp3) is 0.333. The number of carbonyl (C=O) groups is 1. The van der Waals surface area contributed by atoms with Gasteiger partial charge in [0.2, 0.25) is 0 Å². The van der Waals surface area contributed by atoms with Gasteiger partial charge in [0.05, 0.1) is 12.1 Å². The molecule has 0 spiro atoms. The van der Waals surface area contributed by atoms with Crippen LogP contribution in [-0.2, 0) is 4.79 Å². The van der Waals surface area contributed by atoms with Crippen LogP contribution >= 0.6 is 11.6 Å². The molecule has 1 fully saturated rings. The first-order valence-electron chi connectivity index (χ1n) is 5.63. The van der Waals surface area contributed by atoms with Crippen molar-refractivity contribution in [2.45, 2.75) is 18.9 Å². The number of halogens is 2. The third-order valence-electron chi connectivity index (χ3n) is 3.15. The molecule has 0 bridgehead atoms. The summed E-state index contributed by atoms with van der Waals surface area (Å²) in [5.74, 6) is -1.04. The van der Waals surface area contributed by atoms with E-state index in [9.17, 15) is 9.18 Å². The lowest BCUT2D eigenvalue weighted by Crippen LogP contribution is -2.33. The number of pyridine rings is 1. The third kappa shape index (κ3) is 1.84. The van der Waals surface area contributed by atoms with Crippen LogP contribution in [0.2, 0.25) is 5.15 Å². The van der Waals surface area contributed by atoms with Gasteiger partial charge in [-0.2, -0.15) is 0 Å². The molecule has 94 valence electrons. The maximum absolute atomic E-state index is 13.4. The Kier molecular flexibility index (Phi) is 2.52. The summed E-state index contributed by atoms with van der Waals surface area (Å²) < 4.78 is 13.4. The number of aliphatic carboxylic acids is 1. The van der Waals surface area contributed by atoms with Crippen molar-refractivity contribution in [1.29, 1.82) is 0 Å². The molecule has 0 atom stereocenters. The molecule has 3 rings (SSSR count). The van der Waals surface area contributed by atoms with Crippen LogP contribution in [-0.4, -0.2) is 28.6 Å². The molecule has 1 saturated carbocycles. The Morgan fingerprint density at radius 2 is 2.28 bits per heavy atom. The first kappa shape index (κ1) is 11.5. The molecule has 0 amide bonds. The van der Waals surface area contributed by atoms with Gasteiger partial charge in [-0.05, 0) is 25.0 Å². The Labute approximate surface area is 108 Å². The molecule has 0 saturated heterocycles. The van der Waals surface area contributed by atoms with E-state index in [-0.39, 0.29) is 10.7 Å². The third-order valence-corrected chi connectivity index (χ3v) is 3.41. The Morgan fingerprint density at radius 1 is 1.56 bits per heavy atom. The minimum absolute atomic E-state index is 0.174. The molecule has 0 unspecified atom stereocenters. The maximum atomic E-state index is 13.4. The number of carboxylic acids is 1. The van der Waals surface area contributed by atoms with Crippen molar-refractivity contribution in [3.63, 3.8) is 0 Å². The highest BCUT2D eigenvalue weighted by atomic mass is 35.5. The smallest absolute Gasteiger partial charge is 0.333 e. The summed E-state index contributed by atoms with van der Waals surface area (Å²) in [6.45, 7) is 0.294. The Morgan fingerprint density at radius 3 is 2.89 bits per heavy atom. The van der Waals surface area contributed by atoms with E-state index in [1.54, 1.807) is 0 Å². The highest BCUT2D eigenvalue weighted by molar-refractivity contribution is 6.29. The molecule has 1 aromatic rings. The number of anilines is 1. The summed E-state index contributed by atoms with van der Waals surface area (Å²) in [4.78, 5) is 17.0. The number of fused-ring (bicyclic) bond motifs is 1. The van der Waals surface area contributed by atoms with Crippen molar-refractivity contribution in [2.75, 3.05) is 11.4 Å². The van der Waals surface area contributed by atoms with Crippen molar-refractivity contribution >= 4 is 29.5 Å². The van der Waals surface area contributed by atoms with E-state index in [0.717, 1.165) is 12.8 Å². The largest absolute Gasteiger partial charge is 0.478 e. The first-order chi connectivity index (χ1) is 8.56. The van der Waals surface area contributed by atoms with Gasteiger partial charge in [-0.25, -0.2) is 14.2 Å². The van der Waals surface area contributed by atoms with Gasteiger partial charge in [0, 0.05) is 11.6 Å². The molecular formula is C12H10ClFN2O2. The quantitative estimate of drug-likeness (QED) is 0.837. The van der Waals surface area contributed by atoms with Crippen LogP contribution in [0.15, 0.2) is 11.6 Å². The fourth-order valence-electron chi connectivity index (χ4n) is 2.12. The van der Waals surface area contributed by atoms with Crippen molar-refractivity contribution in [3.05, 3.63) is 28.2 Å². The summed E-state index contributed by atoms with van der Waals surface area (Å²) in [6, 6.07) is 1.53. The zero-order valence-electron chi connectivity index (χ0n) is 9.36. The van der Waals surface area contributed by atoms with E-state index in [0.29, 0.717) is 24.0 Å². The summed E-state index contributed by atoms with van der Waals surface area (Å²) >= 11 is 5.69. The molecule has 1 aliphatic heterocycles. The predicted molar refractivity (Wildman–Crippen MR) is 65.2 cm³/mol. The van der Waals surface area contributed by atoms with E-state index < -0.39 is 11.8 Å². The summed E-state index contributed by atoms with van der Waals surface area (Å²) in [5, 5.41) is 8.90. The van der Waals surface area contributed by atoms with Crippen LogP contribution in [0.4, 0.5) is 10.2 Å². The van der Waals surface area contributed by atoms with Gasteiger partial charge in [-0.1, -0.05) is 11.6 Å². The van der Waals surface area contributed by atoms with Gasteiger partial charge in [0.25, 0.3) is 0 Å². The number of carboxylic acid groups (broad SMARTS) is 1. The van der Waals surface area contributed by atoms with Crippen LogP contribution < -0.4 is 4.90 Å². The molecule has 2 aliphatic rings. The number of hydrogen-bond donors (Lipinski definition) is 1. The van der Waals surface area contributed by atoms with E-state index in [2.05, 4.69) is 4.98 Å². The second-order valence-electron chi connectivity index (χ2n) is 4.51. The molecule has 1 aromatic heterocycles. The minimum Gasteiger partial charge on any atom is -0.478 e. The highest BCUT2D eigenvalue weighted by Crippen LogP contribution is 2.37. The molecule has 4 nitrogen and oxygen atoms in total. The van der Waals surface area contributed by atoms with E-state index in [1.807, 2.05) is 4.90 Å². The van der Waals surface area contributed by atoms with Gasteiger partial charge in [-0.3, -0.25) is 0 Å². The van der Waals surface area contributed by atoms with Gasteiger partial charge in [0.1, 0.15) is 5.82 Å². The van der Waals surface area contributed by atoms with Crippen molar-refractivity contribution in [3.8, 4) is 0 Å². The minimum atomic E-state index is -0.985. The lowest BCUT2D eigenvalue weighted by atomic mass is 10.1. The SMILES string of the molecule is O=C(O)C1=Cc2cc(F)c(Cl)nc2N(C2CC2)C1. The zero-order chi connectivity index (χ0) is 12.9. The molecule has 0 aromatic carbocycles. The molecule has 2 heterocycles. The molecule has 18 heavy (non-hydrogen) atoms. The average Bonchev–Trinajstić information content (AvgIpc) is 3.13. The standard InChI is InChI=1S/C12H10ClFN2O2/c13-10-9(14)4-6-3-7(12(17)18)5-16(8-1-2-8)11(6)15-10/h3-4,8H,1-2,5H2,(H,17,18). The average molecular weight is 269 g/mol. The lowest BCUT2D eigenvalue weighted by Gasteiger charge is -2.29. The topological polar surface area (TPSA) is 53.4 Å². The van der Waals surface area contributed by atoms with E-state index >= 15 is 0 Å². The van der Waals surface area contributed by atoms with E-state index in [4.69, 9.17) is 16.7 Å². The van der Waals surface area contributed by atoms with Gasteiger partial charge >= 0.3 is 5.97 Å². The normalized spacial score (nSPS) is 18.3. The molecule has 6 heteroatoms. The van der Waals surface area contributed by atoms with Crippen molar-refractivity contribution < 1.29 is 14.3 Å². The zero-order valence-corrected chi connectivity index (χ0v) is 10.1. The van der Waals surface area contributed by atoms with Gasteiger partial charge in [-0.15, -0.1) is 0 Å². The van der Waals surface area contributed by atoms with Crippen molar-refractivity contribution in [1.82, 2.24) is 4.98 Å². The predicted octanol–water partition coefficient (Wildman–Crippen LogP) is 2.32.